The van der Waals surface area contributed by atoms with Gasteiger partial charge in [-0.1, -0.05) is 29.3 Å². The van der Waals surface area contributed by atoms with Crippen molar-refractivity contribution in [1.82, 2.24) is 5.32 Å². The van der Waals surface area contributed by atoms with Crippen LogP contribution < -0.4 is 5.32 Å². The first-order valence-electron chi connectivity index (χ1n) is 6.20. The van der Waals surface area contributed by atoms with E-state index < -0.39 is 21.0 Å². The number of halogens is 2. The highest BCUT2D eigenvalue weighted by atomic mass is 35.5. The standard InChI is InChI=1S/C13H17Cl2NO4S/c1-9(13(17)16-5-6-20-2)21(18,19)8-10-3-4-11(14)7-12(10)15/h3-4,7,9H,5-6,8H2,1-2H3,(H,16,17)/t9-/m0/s1. The number of ether oxygens (including phenoxy) is 1. The summed E-state index contributed by atoms with van der Waals surface area (Å²) in [6.07, 6.45) is 0. The van der Waals surface area contributed by atoms with Gasteiger partial charge in [0, 0.05) is 23.7 Å². The van der Waals surface area contributed by atoms with Crippen molar-refractivity contribution in [1.29, 1.82) is 0 Å². The predicted octanol–water partition coefficient (Wildman–Crippen LogP) is 2.06. The summed E-state index contributed by atoms with van der Waals surface area (Å²) in [4.78, 5) is 11.8. The molecule has 0 aliphatic rings. The van der Waals surface area contributed by atoms with Crippen LogP contribution in [0.5, 0.6) is 0 Å². The maximum Gasteiger partial charge on any atom is 0.238 e. The van der Waals surface area contributed by atoms with Crippen LogP contribution in [0.25, 0.3) is 0 Å². The molecule has 8 heteroatoms. The summed E-state index contributed by atoms with van der Waals surface area (Å²) >= 11 is 11.7. The number of amides is 1. The Labute approximate surface area is 134 Å². The van der Waals surface area contributed by atoms with E-state index in [-0.39, 0.29) is 17.3 Å². The molecule has 0 aromatic heterocycles. The Balaban J connectivity index is 2.78. The summed E-state index contributed by atoms with van der Waals surface area (Å²) in [6.45, 7) is 1.93. The molecule has 1 aromatic carbocycles. The number of sulfone groups is 1. The van der Waals surface area contributed by atoms with Crippen LogP contribution in [0, 0.1) is 0 Å². The number of carbonyl (C=O) groups is 1. The second-order valence-corrected chi connectivity index (χ2v) is 7.63. The van der Waals surface area contributed by atoms with Crippen LogP contribution in [-0.2, 0) is 25.1 Å². The highest BCUT2D eigenvalue weighted by Crippen LogP contribution is 2.24. The minimum Gasteiger partial charge on any atom is -0.383 e. The van der Waals surface area contributed by atoms with Gasteiger partial charge in [-0.3, -0.25) is 4.79 Å². The number of benzene rings is 1. The van der Waals surface area contributed by atoms with Gasteiger partial charge in [0.05, 0.1) is 12.4 Å². The molecule has 0 saturated heterocycles. The Morgan fingerprint density at radius 3 is 2.62 bits per heavy atom. The molecular weight excluding hydrogens is 337 g/mol. The van der Waals surface area contributed by atoms with Gasteiger partial charge in [0.1, 0.15) is 5.25 Å². The highest BCUT2D eigenvalue weighted by Gasteiger charge is 2.28. The molecule has 0 unspecified atom stereocenters. The van der Waals surface area contributed by atoms with Gasteiger partial charge in [0.15, 0.2) is 9.84 Å². The van der Waals surface area contributed by atoms with Gasteiger partial charge in [0.2, 0.25) is 5.91 Å². The number of methoxy groups -OCH3 is 1. The van der Waals surface area contributed by atoms with E-state index in [1.807, 2.05) is 0 Å². The lowest BCUT2D eigenvalue weighted by Crippen LogP contribution is -2.39. The fraction of sp³-hybridized carbons (Fsp3) is 0.462. The van der Waals surface area contributed by atoms with E-state index in [2.05, 4.69) is 5.32 Å². The maximum atomic E-state index is 12.2. The van der Waals surface area contributed by atoms with E-state index in [0.717, 1.165) is 0 Å². The number of nitrogens with one attached hydrogen (secondary N) is 1. The van der Waals surface area contributed by atoms with Gasteiger partial charge in [-0.2, -0.15) is 0 Å². The molecule has 1 aromatic rings. The molecular formula is C13H17Cl2NO4S. The maximum absolute atomic E-state index is 12.2. The van der Waals surface area contributed by atoms with Crippen LogP contribution in [0.1, 0.15) is 12.5 Å². The van der Waals surface area contributed by atoms with Crippen molar-refractivity contribution in [2.45, 2.75) is 17.9 Å². The van der Waals surface area contributed by atoms with E-state index in [1.165, 1.54) is 26.2 Å². The molecule has 1 N–H and O–H groups in total. The molecule has 0 spiro atoms. The normalized spacial score (nSPS) is 13.0. The summed E-state index contributed by atoms with van der Waals surface area (Å²) in [5.74, 6) is -0.876. The topological polar surface area (TPSA) is 72.5 Å². The molecule has 1 amide bonds. The van der Waals surface area contributed by atoms with Crippen LogP contribution >= 0.6 is 23.2 Å². The van der Waals surface area contributed by atoms with E-state index in [1.54, 1.807) is 6.07 Å². The smallest absolute Gasteiger partial charge is 0.238 e. The van der Waals surface area contributed by atoms with Crippen LogP contribution in [0.4, 0.5) is 0 Å². The Morgan fingerprint density at radius 1 is 1.38 bits per heavy atom. The third-order valence-electron chi connectivity index (χ3n) is 2.89. The lowest BCUT2D eigenvalue weighted by molar-refractivity contribution is -0.120. The Hall–Kier alpha value is -0.820. The molecule has 0 bridgehead atoms. The molecule has 0 aliphatic carbocycles. The van der Waals surface area contributed by atoms with Crippen molar-refractivity contribution < 1.29 is 17.9 Å². The summed E-state index contributed by atoms with van der Waals surface area (Å²) in [6, 6.07) is 4.57. The fourth-order valence-electron chi connectivity index (χ4n) is 1.56. The lowest BCUT2D eigenvalue weighted by atomic mass is 10.2. The lowest BCUT2D eigenvalue weighted by Gasteiger charge is -2.14. The van der Waals surface area contributed by atoms with Crippen molar-refractivity contribution in [3.8, 4) is 0 Å². The molecule has 1 atom stereocenters. The van der Waals surface area contributed by atoms with E-state index in [9.17, 15) is 13.2 Å². The van der Waals surface area contributed by atoms with Gasteiger partial charge in [-0.15, -0.1) is 0 Å². The molecule has 5 nitrogen and oxygen atoms in total. The van der Waals surface area contributed by atoms with Crippen molar-refractivity contribution in [2.75, 3.05) is 20.3 Å². The van der Waals surface area contributed by atoms with E-state index in [4.69, 9.17) is 27.9 Å². The summed E-state index contributed by atoms with van der Waals surface area (Å²) < 4.78 is 29.2. The third-order valence-corrected chi connectivity index (χ3v) is 5.48. The Bertz CT molecular complexity index is 604. The van der Waals surface area contributed by atoms with Crippen LogP contribution in [0.3, 0.4) is 0 Å². The Morgan fingerprint density at radius 2 is 2.05 bits per heavy atom. The molecule has 1 rings (SSSR count). The second-order valence-electron chi connectivity index (χ2n) is 4.47. The molecule has 0 saturated carbocycles. The van der Waals surface area contributed by atoms with Gasteiger partial charge in [-0.25, -0.2) is 8.42 Å². The van der Waals surface area contributed by atoms with Gasteiger partial charge >= 0.3 is 0 Å². The SMILES string of the molecule is COCCNC(=O)[C@H](C)S(=O)(=O)Cc1ccc(Cl)cc1Cl. The third kappa shape index (κ3) is 5.47. The summed E-state index contributed by atoms with van der Waals surface area (Å²) in [5, 5.41) is 2.02. The average molecular weight is 354 g/mol. The number of hydrogen-bond donors (Lipinski definition) is 1. The minimum atomic E-state index is -3.67. The summed E-state index contributed by atoms with van der Waals surface area (Å²) in [5.41, 5.74) is 0.414. The molecule has 0 heterocycles. The van der Waals surface area contributed by atoms with Crippen LogP contribution in [0.2, 0.25) is 10.0 Å². The van der Waals surface area contributed by atoms with E-state index in [0.29, 0.717) is 17.2 Å². The van der Waals surface area contributed by atoms with Crippen molar-refractivity contribution >= 4 is 38.9 Å². The quantitative estimate of drug-likeness (QED) is 0.761. The number of rotatable bonds is 7. The van der Waals surface area contributed by atoms with Gasteiger partial charge in [-0.05, 0) is 24.6 Å². The zero-order chi connectivity index (χ0) is 16.0. The summed E-state index contributed by atoms with van der Waals surface area (Å²) in [7, 11) is -2.17. The first kappa shape index (κ1) is 18.2. The zero-order valence-corrected chi connectivity index (χ0v) is 14.1. The highest BCUT2D eigenvalue weighted by molar-refractivity contribution is 7.92. The minimum absolute atomic E-state index is 0.261. The second kappa shape index (κ2) is 7.98. The largest absolute Gasteiger partial charge is 0.383 e. The first-order valence-corrected chi connectivity index (χ1v) is 8.67. The molecule has 0 fully saturated rings. The number of hydrogen-bond acceptors (Lipinski definition) is 4. The monoisotopic (exact) mass is 353 g/mol. The van der Waals surface area contributed by atoms with Crippen molar-refractivity contribution in [3.63, 3.8) is 0 Å². The van der Waals surface area contributed by atoms with Crippen molar-refractivity contribution in [3.05, 3.63) is 33.8 Å². The fourth-order valence-corrected chi connectivity index (χ4v) is 3.46. The molecule has 118 valence electrons. The van der Waals surface area contributed by atoms with Crippen LogP contribution in [0.15, 0.2) is 18.2 Å². The van der Waals surface area contributed by atoms with Crippen molar-refractivity contribution in [2.24, 2.45) is 0 Å². The Kier molecular flexibility index (Phi) is 6.93. The van der Waals surface area contributed by atoms with Gasteiger partial charge < -0.3 is 10.1 Å². The van der Waals surface area contributed by atoms with Crippen LogP contribution in [-0.4, -0.2) is 39.8 Å². The van der Waals surface area contributed by atoms with E-state index >= 15 is 0 Å². The zero-order valence-electron chi connectivity index (χ0n) is 11.7. The molecule has 21 heavy (non-hydrogen) atoms. The average Bonchev–Trinajstić information content (AvgIpc) is 2.41. The van der Waals surface area contributed by atoms with Gasteiger partial charge in [0.25, 0.3) is 0 Å². The number of carbonyl (C=O) groups excluding carboxylic acids is 1. The molecule has 0 radical (unpaired) electrons. The predicted molar refractivity (Wildman–Crippen MR) is 83.4 cm³/mol. The molecule has 0 aliphatic heterocycles. The first-order chi connectivity index (χ1) is 9.77.